The topological polar surface area (TPSA) is 95.9 Å². The van der Waals surface area contributed by atoms with E-state index in [-0.39, 0.29) is 18.5 Å². The number of nitrogens with one attached hydrogen (secondary N) is 1. The van der Waals surface area contributed by atoms with E-state index in [1.54, 1.807) is 6.08 Å². The average molecular weight is 748 g/mol. The van der Waals surface area contributed by atoms with E-state index in [2.05, 4.69) is 31.3 Å². The van der Waals surface area contributed by atoms with Crippen molar-refractivity contribution in [3.63, 3.8) is 0 Å². The van der Waals surface area contributed by atoms with Gasteiger partial charge in [-0.2, -0.15) is 0 Å². The van der Waals surface area contributed by atoms with Crippen LogP contribution >= 0.6 is 0 Å². The van der Waals surface area contributed by atoms with Gasteiger partial charge in [-0.1, -0.05) is 199 Å². The minimum atomic E-state index is -0.861. The largest absolute Gasteiger partial charge is 0.466 e. The van der Waals surface area contributed by atoms with Crippen molar-refractivity contribution >= 4 is 11.9 Å². The Bertz CT molecular complexity index is 828. The third-order valence-corrected chi connectivity index (χ3v) is 10.5. The molecule has 2 unspecified atom stereocenters. The first-order valence-electron chi connectivity index (χ1n) is 23.1. The number of hydrogen-bond acceptors (Lipinski definition) is 5. The number of esters is 1. The minimum Gasteiger partial charge on any atom is -0.466 e. The van der Waals surface area contributed by atoms with E-state index < -0.39 is 12.1 Å². The first-order valence-corrected chi connectivity index (χ1v) is 23.1. The molecular formula is C47H89NO5. The molecule has 312 valence electrons. The predicted octanol–water partition coefficient (Wildman–Crippen LogP) is 13.2. The van der Waals surface area contributed by atoms with E-state index in [1.807, 2.05) is 6.08 Å². The summed E-state index contributed by atoms with van der Waals surface area (Å²) in [7, 11) is 0. The van der Waals surface area contributed by atoms with Gasteiger partial charge in [-0.25, -0.2) is 0 Å². The van der Waals surface area contributed by atoms with Crippen LogP contribution < -0.4 is 5.32 Å². The summed E-state index contributed by atoms with van der Waals surface area (Å²) in [5, 5.41) is 23.0. The maximum Gasteiger partial charge on any atom is 0.305 e. The van der Waals surface area contributed by atoms with E-state index in [4.69, 9.17) is 4.74 Å². The van der Waals surface area contributed by atoms with Gasteiger partial charge < -0.3 is 20.3 Å². The monoisotopic (exact) mass is 748 g/mol. The van der Waals surface area contributed by atoms with Crippen LogP contribution in [0.2, 0.25) is 0 Å². The molecule has 0 bridgehead atoms. The molecule has 0 saturated heterocycles. The average Bonchev–Trinajstić information content (AvgIpc) is 3.16. The van der Waals surface area contributed by atoms with Crippen LogP contribution in [-0.4, -0.2) is 47.4 Å². The number of amides is 1. The highest BCUT2D eigenvalue weighted by Crippen LogP contribution is 2.15. The molecule has 0 aliphatic rings. The zero-order valence-electron chi connectivity index (χ0n) is 35.2. The standard InChI is InChI=1S/C47H89NO5/c1-3-5-7-9-11-13-15-16-17-18-19-21-23-27-31-35-39-45(50)44(43-49)48-46(51)40-36-32-28-24-22-26-30-34-38-42-53-47(52)41-37-33-29-25-20-14-12-10-8-6-4-2/h10,12,35,39,44-45,49-50H,3-9,11,13-34,36-38,40-43H2,1-2H3,(H,48,51)/b12-10-,39-35+. The predicted molar refractivity (Wildman–Crippen MR) is 227 cm³/mol. The van der Waals surface area contributed by atoms with Crippen LogP contribution in [-0.2, 0) is 14.3 Å². The number of hydrogen-bond donors (Lipinski definition) is 3. The number of rotatable bonds is 42. The molecule has 0 aliphatic carbocycles. The van der Waals surface area contributed by atoms with Gasteiger partial charge in [0.25, 0.3) is 0 Å². The van der Waals surface area contributed by atoms with Crippen molar-refractivity contribution in [2.24, 2.45) is 0 Å². The number of aliphatic hydroxyl groups excluding tert-OH is 2. The maximum atomic E-state index is 12.4. The Kier molecular flexibility index (Phi) is 41.7. The minimum absolute atomic E-state index is 0.0389. The van der Waals surface area contributed by atoms with Gasteiger partial charge in [0, 0.05) is 12.8 Å². The zero-order chi connectivity index (χ0) is 38.7. The number of ether oxygens (including phenoxy) is 1. The summed E-state index contributed by atoms with van der Waals surface area (Å²) in [6.07, 6.45) is 48.7. The Labute approximate surface area is 329 Å². The zero-order valence-corrected chi connectivity index (χ0v) is 35.2. The number of carbonyl (C=O) groups is 2. The maximum absolute atomic E-state index is 12.4. The Morgan fingerprint density at radius 3 is 1.40 bits per heavy atom. The van der Waals surface area contributed by atoms with Crippen molar-refractivity contribution in [2.75, 3.05) is 13.2 Å². The quantitative estimate of drug-likeness (QED) is 0.0328. The number of aliphatic hydroxyl groups is 2. The molecule has 0 spiro atoms. The lowest BCUT2D eigenvalue weighted by atomic mass is 10.0. The lowest BCUT2D eigenvalue weighted by Gasteiger charge is -2.20. The van der Waals surface area contributed by atoms with E-state index in [1.165, 1.54) is 154 Å². The summed E-state index contributed by atoms with van der Waals surface area (Å²) in [4.78, 5) is 24.3. The molecule has 0 saturated carbocycles. The van der Waals surface area contributed by atoms with Crippen molar-refractivity contribution in [3.05, 3.63) is 24.3 Å². The molecule has 3 N–H and O–H groups in total. The van der Waals surface area contributed by atoms with Gasteiger partial charge in [0.05, 0.1) is 25.4 Å². The summed E-state index contributed by atoms with van der Waals surface area (Å²) >= 11 is 0. The lowest BCUT2D eigenvalue weighted by Crippen LogP contribution is -2.45. The van der Waals surface area contributed by atoms with Crippen LogP contribution in [0.5, 0.6) is 0 Å². The first-order chi connectivity index (χ1) is 26.0. The van der Waals surface area contributed by atoms with Crippen molar-refractivity contribution in [1.29, 1.82) is 0 Å². The summed E-state index contributed by atoms with van der Waals surface area (Å²) in [5.41, 5.74) is 0. The van der Waals surface area contributed by atoms with Gasteiger partial charge >= 0.3 is 5.97 Å². The van der Waals surface area contributed by atoms with Gasteiger partial charge in [-0.15, -0.1) is 0 Å². The Morgan fingerprint density at radius 2 is 0.906 bits per heavy atom. The number of allylic oxidation sites excluding steroid dienone is 3. The summed E-state index contributed by atoms with van der Waals surface area (Å²) in [5.74, 6) is -0.135. The van der Waals surface area contributed by atoms with Crippen LogP contribution in [0.25, 0.3) is 0 Å². The molecule has 0 aromatic rings. The summed E-state index contributed by atoms with van der Waals surface area (Å²) in [6, 6.07) is -0.647. The molecule has 0 rings (SSSR count). The fourth-order valence-electron chi connectivity index (χ4n) is 6.85. The molecule has 2 atom stereocenters. The summed E-state index contributed by atoms with van der Waals surface area (Å²) in [6.45, 7) is 4.79. The smallest absolute Gasteiger partial charge is 0.305 e. The summed E-state index contributed by atoms with van der Waals surface area (Å²) < 4.78 is 5.42. The van der Waals surface area contributed by atoms with Gasteiger partial charge in [0.2, 0.25) is 5.91 Å². The molecule has 0 aromatic carbocycles. The SMILES string of the molecule is CCCC/C=C\CCCCCCCC(=O)OCCCCCCCCCCCC(=O)NC(CO)C(O)/C=C/CCCCCCCCCCCCCCCC. The van der Waals surface area contributed by atoms with Crippen molar-refractivity contribution in [2.45, 2.75) is 251 Å². The van der Waals surface area contributed by atoms with E-state index in [0.717, 1.165) is 57.8 Å². The van der Waals surface area contributed by atoms with Crippen LogP contribution in [0.1, 0.15) is 239 Å². The van der Waals surface area contributed by atoms with Gasteiger partial charge in [0.1, 0.15) is 0 Å². The lowest BCUT2D eigenvalue weighted by molar-refractivity contribution is -0.143. The number of carbonyl (C=O) groups excluding carboxylic acids is 2. The van der Waals surface area contributed by atoms with Gasteiger partial charge in [-0.3, -0.25) is 9.59 Å². The van der Waals surface area contributed by atoms with Crippen molar-refractivity contribution in [1.82, 2.24) is 5.32 Å². The third-order valence-electron chi connectivity index (χ3n) is 10.5. The Balaban J connectivity index is 3.56. The molecule has 53 heavy (non-hydrogen) atoms. The molecule has 0 aromatic heterocycles. The van der Waals surface area contributed by atoms with Crippen molar-refractivity contribution < 1.29 is 24.5 Å². The van der Waals surface area contributed by atoms with Crippen LogP contribution in [0.3, 0.4) is 0 Å². The second-order valence-corrected chi connectivity index (χ2v) is 15.7. The van der Waals surface area contributed by atoms with Gasteiger partial charge in [0.15, 0.2) is 0 Å². The second-order valence-electron chi connectivity index (χ2n) is 15.7. The second kappa shape index (κ2) is 43.1. The molecule has 0 radical (unpaired) electrons. The van der Waals surface area contributed by atoms with Gasteiger partial charge in [-0.05, 0) is 51.4 Å². The van der Waals surface area contributed by atoms with E-state index in [9.17, 15) is 19.8 Å². The van der Waals surface area contributed by atoms with Crippen LogP contribution in [0.15, 0.2) is 24.3 Å². The Hall–Kier alpha value is -1.66. The molecule has 6 nitrogen and oxygen atoms in total. The molecular weight excluding hydrogens is 659 g/mol. The fourth-order valence-corrected chi connectivity index (χ4v) is 6.85. The highest BCUT2D eigenvalue weighted by molar-refractivity contribution is 5.76. The fraction of sp³-hybridized carbons (Fsp3) is 0.872. The normalized spacial score (nSPS) is 12.9. The molecule has 0 aliphatic heterocycles. The highest BCUT2D eigenvalue weighted by Gasteiger charge is 2.18. The highest BCUT2D eigenvalue weighted by atomic mass is 16.5. The molecule has 0 fully saturated rings. The van der Waals surface area contributed by atoms with Crippen LogP contribution in [0.4, 0.5) is 0 Å². The number of unbranched alkanes of at least 4 members (excludes halogenated alkanes) is 29. The van der Waals surface area contributed by atoms with Crippen LogP contribution in [0, 0.1) is 0 Å². The van der Waals surface area contributed by atoms with Crippen molar-refractivity contribution in [3.8, 4) is 0 Å². The Morgan fingerprint density at radius 1 is 0.509 bits per heavy atom. The third kappa shape index (κ3) is 39.8. The molecule has 0 heterocycles. The first kappa shape index (κ1) is 51.3. The van der Waals surface area contributed by atoms with E-state index in [0.29, 0.717) is 19.4 Å². The van der Waals surface area contributed by atoms with E-state index >= 15 is 0 Å². The molecule has 6 heteroatoms. The molecule has 1 amide bonds.